The lowest BCUT2D eigenvalue weighted by Crippen LogP contribution is -2.10. The van der Waals surface area contributed by atoms with E-state index in [9.17, 15) is 4.79 Å². The predicted octanol–water partition coefficient (Wildman–Crippen LogP) is 2.74. The van der Waals surface area contributed by atoms with Crippen molar-refractivity contribution in [3.63, 3.8) is 0 Å². The maximum absolute atomic E-state index is 10.9. The summed E-state index contributed by atoms with van der Waals surface area (Å²) in [7, 11) is 0. The van der Waals surface area contributed by atoms with Gasteiger partial charge in [-0.15, -0.1) is 0 Å². The number of amides is 1. The van der Waals surface area contributed by atoms with Crippen LogP contribution in [0.4, 0.5) is 0 Å². The molecular formula is C12H9BrN2O2. The van der Waals surface area contributed by atoms with Gasteiger partial charge in [-0.05, 0) is 40.2 Å². The molecule has 0 atom stereocenters. The summed E-state index contributed by atoms with van der Waals surface area (Å²) in [6.07, 6.45) is 3.28. The van der Waals surface area contributed by atoms with Crippen molar-refractivity contribution in [3.8, 4) is 11.5 Å². The van der Waals surface area contributed by atoms with Crippen molar-refractivity contribution >= 4 is 21.8 Å². The van der Waals surface area contributed by atoms with Gasteiger partial charge in [0.25, 0.3) is 0 Å². The molecule has 0 radical (unpaired) electrons. The van der Waals surface area contributed by atoms with Crippen molar-refractivity contribution < 1.29 is 9.53 Å². The average Bonchev–Trinajstić information content (AvgIpc) is 2.33. The van der Waals surface area contributed by atoms with E-state index in [2.05, 4.69) is 20.9 Å². The highest BCUT2D eigenvalue weighted by atomic mass is 79.9. The molecule has 4 nitrogen and oxygen atoms in total. The van der Waals surface area contributed by atoms with Crippen molar-refractivity contribution in [1.29, 1.82) is 0 Å². The maximum Gasteiger partial charge on any atom is 0.248 e. The molecular weight excluding hydrogens is 284 g/mol. The summed E-state index contributed by atoms with van der Waals surface area (Å²) in [5.74, 6) is 0.829. The fraction of sp³-hybridized carbons (Fsp3) is 0. The minimum atomic E-state index is -0.457. The molecule has 0 saturated carbocycles. The third kappa shape index (κ3) is 2.82. The molecule has 17 heavy (non-hydrogen) atoms. The van der Waals surface area contributed by atoms with Gasteiger partial charge < -0.3 is 10.5 Å². The monoisotopic (exact) mass is 292 g/mol. The molecule has 0 unspecified atom stereocenters. The SMILES string of the molecule is NC(=O)c1ccc(Oc2ccncc2Br)cc1. The van der Waals surface area contributed by atoms with Crippen LogP contribution in [0.5, 0.6) is 11.5 Å². The Balaban J connectivity index is 2.20. The van der Waals surface area contributed by atoms with E-state index in [0.29, 0.717) is 17.1 Å². The molecule has 0 bridgehead atoms. The van der Waals surface area contributed by atoms with Crippen molar-refractivity contribution in [2.45, 2.75) is 0 Å². The number of hydrogen-bond acceptors (Lipinski definition) is 3. The molecule has 1 heterocycles. The Bertz CT molecular complexity index is 540. The molecule has 2 N–H and O–H groups in total. The predicted molar refractivity (Wildman–Crippen MR) is 67.0 cm³/mol. The summed E-state index contributed by atoms with van der Waals surface area (Å²) < 4.78 is 6.37. The number of pyridine rings is 1. The Morgan fingerprint density at radius 1 is 1.24 bits per heavy atom. The molecule has 5 heteroatoms. The number of hydrogen-bond donors (Lipinski definition) is 1. The number of rotatable bonds is 3. The lowest BCUT2D eigenvalue weighted by Gasteiger charge is -2.07. The number of carbonyl (C=O) groups excluding carboxylic acids is 1. The number of aromatic nitrogens is 1. The molecule has 0 spiro atoms. The normalized spacial score (nSPS) is 9.94. The molecule has 0 aliphatic carbocycles. The lowest BCUT2D eigenvalue weighted by molar-refractivity contribution is 0.100. The molecule has 86 valence electrons. The first-order chi connectivity index (χ1) is 8.16. The first-order valence-corrected chi connectivity index (χ1v) is 5.63. The van der Waals surface area contributed by atoms with Crippen LogP contribution in [-0.2, 0) is 0 Å². The second-order valence-corrected chi connectivity index (χ2v) is 4.15. The number of halogens is 1. The molecule has 2 rings (SSSR count). The van der Waals surface area contributed by atoms with Crippen LogP contribution in [0, 0.1) is 0 Å². The summed E-state index contributed by atoms with van der Waals surface area (Å²) in [6, 6.07) is 8.35. The molecule has 0 saturated heterocycles. The van der Waals surface area contributed by atoms with E-state index >= 15 is 0 Å². The van der Waals surface area contributed by atoms with E-state index < -0.39 is 5.91 Å². The fourth-order valence-electron chi connectivity index (χ4n) is 1.26. The van der Waals surface area contributed by atoms with Crippen LogP contribution in [0.1, 0.15) is 10.4 Å². The van der Waals surface area contributed by atoms with Crippen molar-refractivity contribution in [2.24, 2.45) is 5.73 Å². The summed E-state index contributed by atoms with van der Waals surface area (Å²) in [5.41, 5.74) is 5.60. The number of nitrogens with zero attached hydrogens (tertiary/aromatic N) is 1. The molecule has 1 aromatic carbocycles. The van der Waals surface area contributed by atoms with Gasteiger partial charge in [-0.25, -0.2) is 0 Å². The zero-order valence-corrected chi connectivity index (χ0v) is 10.3. The molecule has 0 aliphatic heterocycles. The first-order valence-electron chi connectivity index (χ1n) is 4.84. The van der Waals surface area contributed by atoms with Crippen LogP contribution in [0.2, 0.25) is 0 Å². The van der Waals surface area contributed by atoms with Crippen LogP contribution in [0.15, 0.2) is 47.2 Å². The second kappa shape index (κ2) is 4.97. The standard InChI is InChI=1S/C12H9BrN2O2/c13-10-7-15-6-5-11(10)17-9-3-1-8(2-4-9)12(14)16/h1-7H,(H2,14,16). The van der Waals surface area contributed by atoms with Gasteiger partial charge in [-0.3, -0.25) is 9.78 Å². The molecule has 0 fully saturated rings. The van der Waals surface area contributed by atoms with E-state index in [4.69, 9.17) is 10.5 Å². The summed E-state index contributed by atoms with van der Waals surface area (Å²) in [6.45, 7) is 0. The van der Waals surface area contributed by atoms with E-state index in [1.54, 1.807) is 42.7 Å². The highest BCUT2D eigenvalue weighted by Crippen LogP contribution is 2.28. The van der Waals surface area contributed by atoms with Crippen LogP contribution in [0.25, 0.3) is 0 Å². The topological polar surface area (TPSA) is 65.2 Å². The molecule has 1 amide bonds. The second-order valence-electron chi connectivity index (χ2n) is 3.30. The largest absolute Gasteiger partial charge is 0.456 e. The van der Waals surface area contributed by atoms with Gasteiger partial charge >= 0.3 is 0 Å². The number of ether oxygens (including phenoxy) is 1. The summed E-state index contributed by atoms with van der Waals surface area (Å²) in [5, 5.41) is 0. The number of carbonyl (C=O) groups is 1. The minimum Gasteiger partial charge on any atom is -0.456 e. The summed E-state index contributed by atoms with van der Waals surface area (Å²) >= 11 is 3.33. The fourth-order valence-corrected chi connectivity index (χ4v) is 1.59. The number of primary amides is 1. The highest BCUT2D eigenvalue weighted by Gasteiger charge is 2.03. The van der Waals surface area contributed by atoms with Gasteiger partial charge in [0.2, 0.25) is 5.91 Å². The van der Waals surface area contributed by atoms with Crippen LogP contribution in [0.3, 0.4) is 0 Å². The Hall–Kier alpha value is -1.88. The third-order valence-corrected chi connectivity index (χ3v) is 2.70. The highest BCUT2D eigenvalue weighted by molar-refractivity contribution is 9.10. The van der Waals surface area contributed by atoms with E-state index in [-0.39, 0.29) is 0 Å². The zero-order chi connectivity index (χ0) is 12.3. The Morgan fingerprint density at radius 2 is 1.94 bits per heavy atom. The lowest BCUT2D eigenvalue weighted by atomic mass is 10.2. The van der Waals surface area contributed by atoms with Crippen LogP contribution in [-0.4, -0.2) is 10.9 Å². The smallest absolute Gasteiger partial charge is 0.248 e. The Morgan fingerprint density at radius 3 is 2.53 bits per heavy atom. The molecule has 1 aromatic heterocycles. The molecule has 0 aliphatic rings. The van der Waals surface area contributed by atoms with E-state index in [0.717, 1.165) is 4.47 Å². The zero-order valence-electron chi connectivity index (χ0n) is 8.76. The third-order valence-electron chi connectivity index (χ3n) is 2.10. The first kappa shape index (κ1) is 11.6. The quantitative estimate of drug-likeness (QED) is 0.946. The number of benzene rings is 1. The van der Waals surface area contributed by atoms with E-state index in [1.165, 1.54) is 0 Å². The van der Waals surface area contributed by atoms with Gasteiger partial charge in [-0.1, -0.05) is 0 Å². The minimum absolute atomic E-state index is 0.450. The van der Waals surface area contributed by atoms with Gasteiger partial charge in [0.05, 0.1) is 4.47 Å². The number of nitrogens with two attached hydrogens (primary N) is 1. The van der Waals surface area contributed by atoms with Crippen molar-refractivity contribution in [2.75, 3.05) is 0 Å². The van der Waals surface area contributed by atoms with Crippen molar-refractivity contribution in [3.05, 3.63) is 52.8 Å². The Labute approximate surface area is 107 Å². The Kier molecular flexibility index (Phi) is 3.39. The maximum atomic E-state index is 10.9. The molecule has 2 aromatic rings. The van der Waals surface area contributed by atoms with Crippen LogP contribution >= 0.6 is 15.9 Å². The average molecular weight is 293 g/mol. The van der Waals surface area contributed by atoms with Crippen LogP contribution < -0.4 is 10.5 Å². The van der Waals surface area contributed by atoms with Gasteiger partial charge in [-0.2, -0.15) is 0 Å². The van der Waals surface area contributed by atoms with Gasteiger partial charge in [0.15, 0.2) is 0 Å². The van der Waals surface area contributed by atoms with E-state index in [1.807, 2.05) is 0 Å². The van der Waals surface area contributed by atoms with Gasteiger partial charge in [0.1, 0.15) is 11.5 Å². The van der Waals surface area contributed by atoms with Crippen molar-refractivity contribution in [1.82, 2.24) is 4.98 Å². The summed E-state index contributed by atoms with van der Waals surface area (Å²) in [4.78, 5) is 14.8. The van der Waals surface area contributed by atoms with Gasteiger partial charge in [0, 0.05) is 24.0 Å².